The minimum absolute atomic E-state index is 0.0272. The van der Waals surface area contributed by atoms with Crippen molar-refractivity contribution in [3.05, 3.63) is 84.2 Å². The minimum atomic E-state index is -0.142. The topological polar surface area (TPSA) is 83.2 Å². The van der Waals surface area contributed by atoms with Gasteiger partial charge in [0.1, 0.15) is 5.75 Å². The molecule has 1 saturated heterocycles. The zero-order valence-corrected chi connectivity index (χ0v) is 24.7. The smallest absolute Gasteiger partial charge is 0.325 e. The Kier molecular flexibility index (Phi) is 10.6. The Balaban J connectivity index is 0.00000189. The van der Waals surface area contributed by atoms with Crippen molar-refractivity contribution >= 4 is 28.4 Å². The van der Waals surface area contributed by atoms with Crippen LogP contribution in [0, 0.1) is 0 Å². The maximum absolute atomic E-state index is 13.9. The number of H-pyrrole nitrogens is 1. The number of carbonyl (C=O) groups is 1. The van der Waals surface area contributed by atoms with Gasteiger partial charge in [-0.05, 0) is 53.6 Å². The minimum Gasteiger partial charge on any atom is -0.497 e. The molecule has 1 aliphatic heterocycles. The Hall–Kier alpha value is -4.08. The molecule has 5 rings (SSSR count). The van der Waals surface area contributed by atoms with Crippen molar-refractivity contribution in [3.63, 3.8) is 0 Å². The average molecular weight is 560 g/mol. The molecule has 2 amide bonds. The summed E-state index contributed by atoms with van der Waals surface area (Å²) in [6.07, 6.45) is 1.67. The maximum Gasteiger partial charge on any atom is 0.325 e. The molecule has 0 spiro atoms. The molecule has 1 atom stereocenters. The molecule has 4 aromatic rings. The fraction of sp³-hybridized carbons (Fsp3) is 0.375. The van der Waals surface area contributed by atoms with Crippen molar-refractivity contribution in [3.8, 4) is 5.75 Å². The van der Waals surface area contributed by atoms with Gasteiger partial charge in [-0.1, -0.05) is 38.1 Å². The van der Waals surface area contributed by atoms with Crippen LogP contribution in [0.25, 0.3) is 11.0 Å². The molecule has 9 heteroatoms. The molecule has 3 aromatic carbocycles. The highest BCUT2D eigenvalue weighted by Crippen LogP contribution is 2.37. The molecule has 0 aliphatic carbocycles. The molecule has 1 N–H and O–H groups in total. The second kappa shape index (κ2) is 14.5. The summed E-state index contributed by atoms with van der Waals surface area (Å²) in [5.74, 6) is 0.795. The summed E-state index contributed by atoms with van der Waals surface area (Å²) in [5, 5.41) is 0. The summed E-state index contributed by atoms with van der Waals surface area (Å²) in [4.78, 5) is 27.4. The van der Waals surface area contributed by atoms with Crippen molar-refractivity contribution in [2.75, 3.05) is 64.0 Å². The van der Waals surface area contributed by atoms with Crippen LogP contribution in [0.1, 0.15) is 31.0 Å². The molecule has 9 nitrogen and oxygen atoms in total. The third-order valence-electron chi connectivity index (χ3n) is 7.17. The van der Waals surface area contributed by atoms with E-state index in [9.17, 15) is 4.79 Å². The monoisotopic (exact) mass is 559 g/mol. The number of aromatic amines is 1. The summed E-state index contributed by atoms with van der Waals surface area (Å²) in [7, 11) is 5.07. The van der Waals surface area contributed by atoms with Crippen LogP contribution in [0.15, 0.2) is 73.1 Å². The molecule has 2 heterocycles. The molecular formula is C32H41N5O4. The number of hydrogen-bond donors (Lipinski definition) is 1. The number of imidazole rings is 1. The predicted octanol–water partition coefficient (Wildman–Crippen LogP) is 5.88. The zero-order valence-electron chi connectivity index (χ0n) is 24.7. The molecule has 0 radical (unpaired) electrons. The van der Waals surface area contributed by atoms with Gasteiger partial charge in [0.15, 0.2) is 0 Å². The quantitative estimate of drug-likeness (QED) is 0.233. The number of aromatic nitrogens is 2. The normalized spacial score (nSPS) is 14.8. The average Bonchev–Trinajstić information content (AvgIpc) is 3.62. The van der Waals surface area contributed by atoms with E-state index in [4.69, 9.17) is 14.2 Å². The molecule has 1 fully saturated rings. The van der Waals surface area contributed by atoms with Gasteiger partial charge in [0.2, 0.25) is 0 Å². The van der Waals surface area contributed by atoms with Gasteiger partial charge in [0.05, 0.1) is 43.7 Å². The van der Waals surface area contributed by atoms with Crippen molar-refractivity contribution < 1.29 is 19.0 Å². The van der Waals surface area contributed by atoms with E-state index in [2.05, 4.69) is 39.1 Å². The highest BCUT2D eigenvalue weighted by molar-refractivity contribution is 5.97. The number of ether oxygens (including phenoxy) is 3. The first-order valence-corrected chi connectivity index (χ1v) is 14.1. The lowest BCUT2D eigenvalue weighted by Gasteiger charge is -2.26. The van der Waals surface area contributed by atoms with Crippen molar-refractivity contribution in [2.45, 2.75) is 26.4 Å². The van der Waals surface area contributed by atoms with Crippen LogP contribution in [0.5, 0.6) is 5.75 Å². The Morgan fingerprint density at radius 2 is 1.61 bits per heavy atom. The summed E-state index contributed by atoms with van der Waals surface area (Å²) in [6, 6.07) is 22.1. The van der Waals surface area contributed by atoms with Crippen LogP contribution >= 0.6 is 0 Å². The van der Waals surface area contributed by atoms with E-state index in [0.717, 1.165) is 52.4 Å². The number of hydrogen-bond acceptors (Lipinski definition) is 6. The molecule has 218 valence electrons. The summed E-state index contributed by atoms with van der Waals surface area (Å²) >= 11 is 0. The fourth-order valence-electron chi connectivity index (χ4n) is 5.04. The van der Waals surface area contributed by atoms with Gasteiger partial charge < -0.3 is 29.0 Å². The number of anilines is 2. The van der Waals surface area contributed by atoms with Gasteiger partial charge >= 0.3 is 6.03 Å². The van der Waals surface area contributed by atoms with Gasteiger partial charge in [-0.3, -0.25) is 4.90 Å². The van der Waals surface area contributed by atoms with Gasteiger partial charge in [0, 0.05) is 51.8 Å². The second-order valence-electron chi connectivity index (χ2n) is 9.57. The van der Waals surface area contributed by atoms with Gasteiger partial charge in [-0.15, -0.1) is 0 Å². The van der Waals surface area contributed by atoms with E-state index in [-0.39, 0.29) is 12.1 Å². The van der Waals surface area contributed by atoms with Crippen LogP contribution in [0.4, 0.5) is 16.2 Å². The van der Waals surface area contributed by atoms with E-state index in [0.29, 0.717) is 26.3 Å². The predicted molar refractivity (Wildman–Crippen MR) is 164 cm³/mol. The van der Waals surface area contributed by atoms with E-state index in [1.807, 2.05) is 66.1 Å². The molecular weight excluding hydrogens is 518 g/mol. The molecule has 0 bridgehead atoms. The maximum atomic E-state index is 13.9. The number of carbonyl (C=O) groups excluding carboxylic acids is 1. The van der Waals surface area contributed by atoms with Crippen LogP contribution in [0.2, 0.25) is 0 Å². The Morgan fingerprint density at radius 3 is 2.24 bits per heavy atom. The zero-order chi connectivity index (χ0) is 29.2. The van der Waals surface area contributed by atoms with Crippen LogP contribution in [-0.4, -0.2) is 75.1 Å². The van der Waals surface area contributed by atoms with Gasteiger partial charge in [-0.25, -0.2) is 9.78 Å². The Bertz CT molecular complexity index is 1370. The summed E-state index contributed by atoms with van der Waals surface area (Å²) in [6.45, 7) is 7.89. The van der Waals surface area contributed by atoms with Crippen molar-refractivity contribution in [1.82, 2.24) is 14.9 Å². The van der Waals surface area contributed by atoms with Crippen LogP contribution in [-0.2, 0) is 16.0 Å². The number of methoxy groups -OCH3 is 3. The summed E-state index contributed by atoms with van der Waals surface area (Å²) in [5.41, 5.74) is 5.83. The largest absolute Gasteiger partial charge is 0.497 e. The number of nitrogens with one attached hydrogen (secondary N) is 1. The van der Waals surface area contributed by atoms with Crippen LogP contribution < -0.4 is 14.5 Å². The number of urea groups is 1. The SMILES string of the molecule is CC.COCCN(CCOC)c1ccc([C@H]2CN(Cc3ccc(OC)cc3)C(=O)N2c2ccc3nc[nH]c3c2)cc1. The third kappa shape index (κ3) is 6.99. The third-order valence-corrected chi connectivity index (χ3v) is 7.17. The Labute approximate surface area is 242 Å². The molecule has 0 unspecified atom stereocenters. The lowest BCUT2D eigenvalue weighted by molar-refractivity contribution is 0.190. The fourth-order valence-corrected chi connectivity index (χ4v) is 5.04. The van der Waals surface area contributed by atoms with Crippen molar-refractivity contribution in [2.24, 2.45) is 0 Å². The van der Waals surface area contributed by atoms with E-state index >= 15 is 0 Å². The van der Waals surface area contributed by atoms with Crippen LogP contribution in [0.3, 0.4) is 0 Å². The molecule has 1 aromatic heterocycles. The standard InChI is InChI=1S/C30H35N5O4.C2H6/c1-37-16-14-33(15-17-38-2)24-8-6-23(7-9-24)29-20-34(19-22-4-11-26(39-3)12-5-22)30(36)35(29)25-10-13-27-28(18-25)32-21-31-27;1-2/h4-13,18,21,29H,14-17,19-20H2,1-3H3,(H,31,32);1-2H3/t29-;/m1./s1. The van der Waals surface area contributed by atoms with Gasteiger partial charge in [0.25, 0.3) is 0 Å². The van der Waals surface area contributed by atoms with Crippen molar-refractivity contribution in [1.29, 1.82) is 0 Å². The first-order chi connectivity index (χ1) is 20.1. The number of rotatable bonds is 12. The first-order valence-electron chi connectivity index (χ1n) is 14.1. The van der Waals surface area contributed by atoms with E-state index in [1.165, 1.54) is 0 Å². The first kappa shape index (κ1) is 29.9. The van der Waals surface area contributed by atoms with Gasteiger partial charge in [-0.2, -0.15) is 0 Å². The second-order valence-corrected chi connectivity index (χ2v) is 9.57. The number of fused-ring (bicyclic) bond motifs is 1. The lowest BCUT2D eigenvalue weighted by atomic mass is 10.0. The highest BCUT2D eigenvalue weighted by atomic mass is 16.5. The molecule has 41 heavy (non-hydrogen) atoms. The highest BCUT2D eigenvalue weighted by Gasteiger charge is 2.39. The number of amides is 2. The Morgan fingerprint density at radius 1 is 0.927 bits per heavy atom. The lowest BCUT2D eigenvalue weighted by Crippen LogP contribution is -2.32. The molecule has 1 aliphatic rings. The molecule has 0 saturated carbocycles. The summed E-state index contributed by atoms with van der Waals surface area (Å²) < 4.78 is 15.9. The van der Waals surface area contributed by atoms with E-state index < -0.39 is 0 Å². The van der Waals surface area contributed by atoms with E-state index in [1.54, 1.807) is 27.7 Å². The number of nitrogens with zero attached hydrogens (tertiary/aromatic N) is 4. The number of benzene rings is 3.